The second-order valence-electron chi connectivity index (χ2n) is 9.04. The minimum atomic E-state index is 0.262. The molecular weight excluding hydrogens is 456 g/mol. The van der Waals surface area contributed by atoms with E-state index in [1.807, 2.05) is 22.8 Å². The van der Waals surface area contributed by atoms with Crippen LogP contribution >= 0.6 is 23.4 Å². The maximum absolute atomic E-state index is 13.5. The number of aromatic nitrogens is 3. The van der Waals surface area contributed by atoms with Gasteiger partial charge in [0.25, 0.3) is 0 Å². The predicted octanol–water partition coefficient (Wildman–Crippen LogP) is 6.12. The topological polar surface area (TPSA) is 60.2 Å². The highest BCUT2D eigenvalue weighted by Gasteiger charge is 2.32. The highest BCUT2D eigenvalue weighted by molar-refractivity contribution is 7.99. The highest BCUT2D eigenvalue weighted by Crippen LogP contribution is 2.31. The first-order valence-electron chi connectivity index (χ1n) is 12.4. The standard InChI is InChI=1S/C25H35ClN4O2S/c1-2-29-23(17-32-22-16-10-9-15-21(22)26)27-28-25(29)33-18-24(31)30(19-11-5-3-6-12-19)20-13-7-4-8-14-20/h9-10,15-16,19-20H,2-8,11-14,17-18H2,1H3. The summed E-state index contributed by atoms with van der Waals surface area (Å²) >= 11 is 7.70. The van der Waals surface area contributed by atoms with Crippen molar-refractivity contribution in [2.45, 2.75) is 102 Å². The number of carbonyl (C=O) groups is 1. The average Bonchev–Trinajstić information content (AvgIpc) is 3.25. The summed E-state index contributed by atoms with van der Waals surface area (Å²) in [7, 11) is 0. The van der Waals surface area contributed by atoms with Crippen LogP contribution in [0.2, 0.25) is 5.02 Å². The van der Waals surface area contributed by atoms with Crippen LogP contribution in [0.1, 0.15) is 77.0 Å². The van der Waals surface area contributed by atoms with Crippen molar-refractivity contribution in [2.24, 2.45) is 0 Å². The summed E-state index contributed by atoms with van der Waals surface area (Å²) < 4.78 is 7.89. The Morgan fingerprint density at radius 3 is 2.30 bits per heavy atom. The zero-order valence-corrected chi connectivity index (χ0v) is 21.1. The Morgan fingerprint density at radius 1 is 1.06 bits per heavy atom. The molecule has 2 aromatic rings. The molecule has 0 aliphatic heterocycles. The van der Waals surface area contributed by atoms with Crippen molar-refractivity contribution < 1.29 is 9.53 Å². The molecule has 2 saturated carbocycles. The van der Waals surface area contributed by atoms with E-state index in [-0.39, 0.29) is 12.5 Å². The molecule has 6 nitrogen and oxygen atoms in total. The molecule has 33 heavy (non-hydrogen) atoms. The van der Waals surface area contributed by atoms with E-state index in [1.165, 1.54) is 50.3 Å². The van der Waals surface area contributed by atoms with Crippen LogP contribution in [0.5, 0.6) is 5.75 Å². The Labute approximate surface area is 206 Å². The zero-order valence-electron chi connectivity index (χ0n) is 19.5. The lowest BCUT2D eigenvalue weighted by atomic mass is 9.88. The van der Waals surface area contributed by atoms with Crippen LogP contribution < -0.4 is 4.74 Å². The second-order valence-corrected chi connectivity index (χ2v) is 10.4. The molecular formula is C25H35ClN4O2S. The van der Waals surface area contributed by atoms with Crippen molar-refractivity contribution >= 4 is 29.3 Å². The molecule has 2 aliphatic carbocycles. The Balaban J connectivity index is 1.40. The largest absolute Gasteiger partial charge is 0.484 e. The van der Waals surface area contributed by atoms with Gasteiger partial charge in [0.2, 0.25) is 5.91 Å². The molecule has 0 atom stereocenters. The van der Waals surface area contributed by atoms with Gasteiger partial charge in [-0.25, -0.2) is 0 Å². The Kier molecular flexibility index (Phi) is 8.96. The molecule has 4 rings (SSSR count). The molecule has 0 spiro atoms. The van der Waals surface area contributed by atoms with Crippen molar-refractivity contribution in [2.75, 3.05) is 5.75 Å². The number of thioether (sulfide) groups is 1. The quantitative estimate of drug-likeness (QED) is 0.396. The van der Waals surface area contributed by atoms with E-state index in [0.29, 0.717) is 28.6 Å². The summed E-state index contributed by atoms with van der Waals surface area (Å²) in [5.41, 5.74) is 0. The molecule has 1 aromatic carbocycles. The Hall–Kier alpha value is -1.73. The molecule has 0 saturated heterocycles. The lowest BCUT2D eigenvalue weighted by molar-refractivity contribution is -0.135. The summed E-state index contributed by atoms with van der Waals surface area (Å²) in [6.45, 7) is 3.07. The summed E-state index contributed by atoms with van der Waals surface area (Å²) in [5, 5.41) is 10.1. The van der Waals surface area contributed by atoms with E-state index >= 15 is 0 Å². The van der Waals surface area contributed by atoms with E-state index in [4.69, 9.17) is 16.3 Å². The van der Waals surface area contributed by atoms with E-state index in [2.05, 4.69) is 22.0 Å². The van der Waals surface area contributed by atoms with Gasteiger partial charge in [0.05, 0.1) is 10.8 Å². The number of amides is 1. The van der Waals surface area contributed by atoms with Crippen LogP contribution in [0.15, 0.2) is 29.4 Å². The molecule has 0 N–H and O–H groups in total. The van der Waals surface area contributed by atoms with Crippen LogP contribution in [0.25, 0.3) is 0 Å². The fraction of sp³-hybridized carbons (Fsp3) is 0.640. The molecule has 1 heterocycles. The normalized spacial score (nSPS) is 17.8. The summed E-state index contributed by atoms with van der Waals surface area (Å²) in [4.78, 5) is 15.8. The van der Waals surface area contributed by atoms with E-state index < -0.39 is 0 Å². The second kappa shape index (κ2) is 12.1. The van der Waals surface area contributed by atoms with Gasteiger partial charge in [-0.3, -0.25) is 4.79 Å². The van der Waals surface area contributed by atoms with Gasteiger partial charge in [-0.05, 0) is 44.7 Å². The van der Waals surface area contributed by atoms with Gasteiger partial charge < -0.3 is 14.2 Å². The van der Waals surface area contributed by atoms with Gasteiger partial charge in [0.1, 0.15) is 12.4 Å². The third-order valence-electron chi connectivity index (χ3n) is 6.85. The van der Waals surface area contributed by atoms with Gasteiger partial charge in [0, 0.05) is 18.6 Å². The van der Waals surface area contributed by atoms with Crippen LogP contribution in [0, 0.1) is 0 Å². The zero-order chi connectivity index (χ0) is 23.0. The summed E-state index contributed by atoms with van der Waals surface area (Å²) in [5.74, 6) is 2.04. The number of para-hydroxylation sites is 1. The Bertz CT molecular complexity index is 892. The summed E-state index contributed by atoms with van der Waals surface area (Å²) in [6.07, 6.45) is 12.2. The van der Waals surface area contributed by atoms with Crippen LogP contribution in [0.3, 0.4) is 0 Å². The lowest BCUT2D eigenvalue weighted by Gasteiger charge is -2.41. The maximum atomic E-state index is 13.5. The fourth-order valence-corrected chi connectivity index (χ4v) is 6.26. The molecule has 1 aromatic heterocycles. The third kappa shape index (κ3) is 6.24. The molecule has 0 radical (unpaired) electrons. The molecule has 2 aliphatic rings. The minimum Gasteiger partial charge on any atom is -0.484 e. The monoisotopic (exact) mass is 490 g/mol. The van der Waals surface area contributed by atoms with Gasteiger partial charge in [-0.2, -0.15) is 0 Å². The van der Waals surface area contributed by atoms with Crippen LogP contribution in [-0.2, 0) is 17.9 Å². The van der Waals surface area contributed by atoms with Crippen molar-refractivity contribution in [1.82, 2.24) is 19.7 Å². The predicted molar refractivity (Wildman–Crippen MR) is 133 cm³/mol. The molecule has 2 fully saturated rings. The average molecular weight is 491 g/mol. The van der Waals surface area contributed by atoms with E-state index in [1.54, 1.807) is 6.07 Å². The number of nitrogens with zero attached hydrogens (tertiary/aromatic N) is 4. The number of carbonyl (C=O) groups excluding carboxylic acids is 1. The number of halogens is 1. The molecule has 1 amide bonds. The van der Waals surface area contributed by atoms with Crippen LogP contribution in [0.4, 0.5) is 0 Å². The van der Waals surface area contributed by atoms with Crippen molar-refractivity contribution in [1.29, 1.82) is 0 Å². The van der Waals surface area contributed by atoms with E-state index in [9.17, 15) is 4.79 Å². The Morgan fingerprint density at radius 2 is 1.70 bits per heavy atom. The first-order chi connectivity index (χ1) is 16.2. The molecule has 0 unspecified atom stereocenters. The maximum Gasteiger partial charge on any atom is 0.233 e. The van der Waals surface area contributed by atoms with Gasteiger partial charge in [-0.1, -0.05) is 74.0 Å². The SMILES string of the molecule is CCn1c(COc2ccccc2Cl)nnc1SCC(=O)N(C1CCCCC1)C1CCCCC1. The third-order valence-corrected chi connectivity index (χ3v) is 8.12. The van der Waals surface area contributed by atoms with Crippen molar-refractivity contribution in [3.05, 3.63) is 35.1 Å². The lowest BCUT2D eigenvalue weighted by Crippen LogP contribution is -2.49. The molecule has 0 bridgehead atoms. The van der Waals surface area contributed by atoms with Crippen molar-refractivity contribution in [3.63, 3.8) is 0 Å². The number of benzene rings is 1. The molecule has 8 heteroatoms. The van der Waals surface area contributed by atoms with Gasteiger partial charge in [-0.15, -0.1) is 10.2 Å². The van der Waals surface area contributed by atoms with Gasteiger partial charge in [0.15, 0.2) is 11.0 Å². The number of hydrogen-bond donors (Lipinski definition) is 0. The minimum absolute atomic E-state index is 0.262. The fourth-order valence-electron chi connectivity index (χ4n) is 5.18. The number of hydrogen-bond acceptors (Lipinski definition) is 5. The summed E-state index contributed by atoms with van der Waals surface area (Å²) in [6, 6.07) is 8.24. The molecule has 180 valence electrons. The van der Waals surface area contributed by atoms with Gasteiger partial charge >= 0.3 is 0 Å². The van der Waals surface area contributed by atoms with Crippen LogP contribution in [-0.4, -0.2) is 43.4 Å². The highest BCUT2D eigenvalue weighted by atomic mass is 35.5. The number of rotatable bonds is 9. The first kappa shape index (κ1) is 24.4. The first-order valence-corrected chi connectivity index (χ1v) is 13.8. The van der Waals surface area contributed by atoms with E-state index in [0.717, 1.165) is 43.2 Å². The smallest absolute Gasteiger partial charge is 0.233 e. The van der Waals surface area contributed by atoms with Crippen molar-refractivity contribution in [3.8, 4) is 5.75 Å². The number of ether oxygens (including phenoxy) is 1.